The maximum Gasteiger partial charge on any atom is 0.308 e. The summed E-state index contributed by atoms with van der Waals surface area (Å²) in [7, 11) is -3.27. The molecular weight excluding hydrogens is 410 g/mol. The van der Waals surface area contributed by atoms with E-state index in [-0.39, 0.29) is 42.4 Å². The first-order valence-corrected chi connectivity index (χ1v) is 13.0. The highest BCUT2D eigenvalue weighted by Crippen LogP contribution is 2.44. The summed E-state index contributed by atoms with van der Waals surface area (Å²) >= 11 is 0. The van der Waals surface area contributed by atoms with Crippen LogP contribution >= 0.6 is 0 Å². The highest BCUT2D eigenvalue weighted by molar-refractivity contribution is 7.90. The third kappa shape index (κ3) is 6.96. The van der Waals surface area contributed by atoms with Crippen LogP contribution in [-0.2, 0) is 29.0 Å². The average molecular weight is 446 g/mol. The lowest BCUT2D eigenvalue weighted by atomic mass is 9.75. The summed E-state index contributed by atoms with van der Waals surface area (Å²) in [4.78, 5) is 36.8. The maximum atomic E-state index is 13.2. The van der Waals surface area contributed by atoms with Crippen molar-refractivity contribution in [2.45, 2.75) is 77.2 Å². The molecule has 1 unspecified atom stereocenters. The van der Waals surface area contributed by atoms with Gasteiger partial charge >= 0.3 is 11.9 Å². The Bertz CT molecular complexity index is 720. The Kier molecular flexibility index (Phi) is 8.70. The average Bonchev–Trinajstić information content (AvgIpc) is 3.15. The van der Waals surface area contributed by atoms with Gasteiger partial charge in [-0.05, 0) is 58.3 Å². The van der Waals surface area contributed by atoms with Crippen molar-refractivity contribution >= 4 is 27.7 Å². The Morgan fingerprint density at radius 2 is 1.73 bits per heavy atom. The molecule has 2 aliphatic carbocycles. The Hall–Kier alpha value is -1.64. The summed E-state index contributed by atoms with van der Waals surface area (Å²) in [5.41, 5.74) is -0.751. The Labute approximate surface area is 179 Å². The molecule has 0 aromatic heterocycles. The van der Waals surface area contributed by atoms with Crippen molar-refractivity contribution in [3.63, 3.8) is 0 Å². The van der Waals surface area contributed by atoms with Gasteiger partial charge in [0.2, 0.25) is 5.91 Å². The topological polar surface area (TPSA) is 127 Å². The molecule has 2 fully saturated rings. The summed E-state index contributed by atoms with van der Waals surface area (Å²) in [6, 6.07) is -0.0278. The molecule has 0 aromatic rings. The first-order valence-electron chi connectivity index (χ1n) is 10.9. The standard InChI is InChI=1S/C21H35NO7S/c1-3-29-19(25)15-6-8-17(9-7-15)22-20(26)21(11-4-5-12-21)14-16(18(23)24)10-13-30(2,27)28/h15-17H,3-14H2,1-2H3,(H,22,26)(H,23,24). The zero-order valence-electron chi connectivity index (χ0n) is 18.0. The molecule has 0 radical (unpaired) electrons. The number of hydrogen-bond donors (Lipinski definition) is 2. The second-order valence-electron chi connectivity index (χ2n) is 8.92. The van der Waals surface area contributed by atoms with Crippen LogP contribution in [0.2, 0.25) is 0 Å². The van der Waals surface area contributed by atoms with Gasteiger partial charge in [-0.1, -0.05) is 12.8 Å². The number of amides is 1. The Balaban J connectivity index is 1.98. The van der Waals surface area contributed by atoms with Gasteiger partial charge in [0.15, 0.2) is 0 Å². The van der Waals surface area contributed by atoms with Gasteiger partial charge in [-0.3, -0.25) is 14.4 Å². The second kappa shape index (κ2) is 10.6. The van der Waals surface area contributed by atoms with Crippen LogP contribution in [0.5, 0.6) is 0 Å². The van der Waals surface area contributed by atoms with E-state index in [2.05, 4.69) is 5.32 Å². The molecule has 9 heteroatoms. The number of carbonyl (C=O) groups excluding carboxylic acids is 2. The van der Waals surface area contributed by atoms with Crippen molar-refractivity contribution in [1.82, 2.24) is 5.32 Å². The second-order valence-corrected chi connectivity index (χ2v) is 11.2. The third-order valence-corrected chi connectivity index (χ3v) is 7.53. The molecule has 8 nitrogen and oxygen atoms in total. The van der Waals surface area contributed by atoms with Crippen molar-refractivity contribution in [1.29, 1.82) is 0 Å². The lowest BCUT2D eigenvalue weighted by Crippen LogP contribution is -2.47. The van der Waals surface area contributed by atoms with Crippen LogP contribution in [0.25, 0.3) is 0 Å². The van der Waals surface area contributed by atoms with E-state index < -0.39 is 27.1 Å². The number of hydrogen-bond acceptors (Lipinski definition) is 6. The first-order chi connectivity index (χ1) is 14.1. The van der Waals surface area contributed by atoms with Crippen molar-refractivity contribution < 1.29 is 32.6 Å². The zero-order valence-corrected chi connectivity index (χ0v) is 18.8. The van der Waals surface area contributed by atoms with Gasteiger partial charge in [-0.2, -0.15) is 0 Å². The third-order valence-electron chi connectivity index (χ3n) is 6.55. The van der Waals surface area contributed by atoms with Crippen LogP contribution in [0.15, 0.2) is 0 Å². The van der Waals surface area contributed by atoms with Crippen molar-refractivity contribution in [3.05, 3.63) is 0 Å². The molecule has 30 heavy (non-hydrogen) atoms. The normalized spacial score (nSPS) is 24.7. The summed E-state index contributed by atoms with van der Waals surface area (Å²) in [5.74, 6) is -2.52. The first kappa shape index (κ1) is 24.6. The van der Waals surface area contributed by atoms with Crippen LogP contribution in [-0.4, -0.2) is 56.0 Å². The molecule has 0 spiro atoms. The lowest BCUT2D eigenvalue weighted by Gasteiger charge is -2.34. The largest absolute Gasteiger partial charge is 0.481 e. The van der Waals surface area contributed by atoms with E-state index in [9.17, 15) is 27.9 Å². The van der Waals surface area contributed by atoms with Crippen LogP contribution in [0, 0.1) is 17.3 Å². The molecule has 2 N–H and O–H groups in total. The highest BCUT2D eigenvalue weighted by Gasteiger charge is 2.45. The minimum Gasteiger partial charge on any atom is -0.481 e. The number of ether oxygens (including phenoxy) is 1. The molecule has 0 aromatic carbocycles. The van der Waals surface area contributed by atoms with Crippen molar-refractivity contribution in [2.24, 2.45) is 17.3 Å². The number of esters is 1. The number of rotatable bonds is 10. The highest BCUT2D eigenvalue weighted by atomic mass is 32.2. The number of carboxylic acid groups (broad SMARTS) is 1. The summed E-state index contributed by atoms with van der Waals surface area (Å²) in [6.07, 6.45) is 6.99. The SMILES string of the molecule is CCOC(=O)C1CCC(NC(=O)C2(CC(CCS(C)(=O)=O)C(=O)O)CCCC2)CC1. The fourth-order valence-corrected chi connectivity index (χ4v) is 5.50. The predicted octanol–water partition coefficient (Wildman–Crippen LogP) is 2.31. The smallest absolute Gasteiger partial charge is 0.308 e. The molecular formula is C21H35NO7S. The molecule has 0 bridgehead atoms. The predicted molar refractivity (Wildman–Crippen MR) is 111 cm³/mol. The van der Waals surface area contributed by atoms with Gasteiger partial charge < -0.3 is 15.2 Å². The molecule has 0 heterocycles. The van der Waals surface area contributed by atoms with Gasteiger partial charge in [0.1, 0.15) is 9.84 Å². The van der Waals surface area contributed by atoms with Crippen molar-refractivity contribution in [2.75, 3.05) is 18.6 Å². The molecule has 2 rings (SSSR count). The summed E-state index contributed by atoms with van der Waals surface area (Å²) in [5, 5.41) is 12.7. The fourth-order valence-electron chi connectivity index (χ4n) is 4.79. The Morgan fingerprint density at radius 3 is 2.23 bits per heavy atom. The quantitative estimate of drug-likeness (QED) is 0.494. The molecule has 2 saturated carbocycles. The van der Waals surface area contributed by atoms with Crippen molar-refractivity contribution in [3.8, 4) is 0 Å². The van der Waals surface area contributed by atoms with E-state index in [4.69, 9.17) is 4.74 Å². The molecule has 0 saturated heterocycles. The van der Waals surface area contributed by atoms with Gasteiger partial charge in [0.05, 0.1) is 29.6 Å². The van der Waals surface area contributed by atoms with E-state index in [1.54, 1.807) is 6.92 Å². The molecule has 2 aliphatic rings. The fraction of sp³-hybridized carbons (Fsp3) is 0.857. The molecule has 0 aliphatic heterocycles. The van der Waals surface area contributed by atoms with Gasteiger partial charge in [-0.25, -0.2) is 8.42 Å². The maximum absolute atomic E-state index is 13.2. The van der Waals surface area contributed by atoms with E-state index in [0.717, 1.165) is 19.1 Å². The zero-order chi connectivity index (χ0) is 22.4. The lowest BCUT2D eigenvalue weighted by molar-refractivity contribution is -0.149. The van der Waals surface area contributed by atoms with Crippen LogP contribution in [0.1, 0.15) is 71.1 Å². The number of nitrogens with one attached hydrogen (secondary N) is 1. The number of carboxylic acids is 1. The minimum absolute atomic E-state index is 0.0217. The van der Waals surface area contributed by atoms with E-state index in [0.29, 0.717) is 45.1 Å². The van der Waals surface area contributed by atoms with Gasteiger partial charge in [0, 0.05) is 12.3 Å². The van der Waals surface area contributed by atoms with E-state index in [1.165, 1.54) is 0 Å². The molecule has 1 atom stereocenters. The number of aliphatic carboxylic acids is 1. The Morgan fingerprint density at radius 1 is 1.13 bits per heavy atom. The van der Waals surface area contributed by atoms with Gasteiger partial charge in [0.25, 0.3) is 0 Å². The molecule has 1 amide bonds. The summed E-state index contributed by atoms with van der Waals surface area (Å²) < 4.78 is 28.0. The minimum atomic E-state index is -3.27. The van der Waals surface area contributed by atoms with E-state index in [1.807, 2.05) is 0 Å². The number of carbonyl (C=O) groups is 3. The summed E-state index contributed by atoms with van der Waals surface area (Å²) in [6.45, 7) is 2.15. The number of sulfone groups is 1. The van der Waals surface area contributed by atoms with Gasteiger partial charge in [-0.15, -0.1) is 0 Å². The van der Waals surface area contributed by atoms with Crippen LogP contribution in [0.3, 0.4) is 0 Å². The van der Waals surface area contributed by atoms with E-state index >= 15 is 0 Å². The monoisotopic (exact) mass is 445 g/mol. The van der Waals surface area contributed by atoms with Crippen LogP contribution in [0.4, 0.5) is 0 Å². The molecule has 172 valence electrons. The van der Waals surface area contributed by atoms with Crippen LogP contribution < -0.4 is 5.32 Å².